The molecule has 36 heavy (non-hydrogen) atoms. The van der Waals surface area contributed by atoms with Gasteiger partial charge < -0.3 is 15.3 Å². The molecule has 1 aromatic rings. The summed E-state index contributed by atoms with van der Waals surface area (Å²) in [5.41, 5.74) is 1.96. The molecule has 5 rings (SSSR count). The van der Waals surface area contributed by atoms with Crippen LogP contribution in [0.3, 0.4) is 0 Å². The van der Waals surface area contributed by atoms with Crippen molar-refractivity contribution in [3.63, 3.8) is 0 Å². The van der Waals surface area contributed by atoms with Gasteiger partial charge in [0.1, 0.15) is 5.60 Å². The summed E-state index contributed by atoms with van der Waals surface area (Å²) in [5, 5.41) is 18.5. The van der Waals surface area contributed by atoms with Crippen molar-refractivity contribution in [1.82, 2.24) is 10.3 Å². The number of allylic oxidation sites excluding steroid dienone is 2. The summed E-state index contributed by atoms with van der Waals surface area (Å²) in [4.78, 5) is 34.0. The number of carbonyl (C=O) groups excluding carboxylic acids is 2. The fraction of sp³-hybridized carbons (Fsp3) is 0.655. The quantitative estimate of drug-likeness (QED) is 0.574. The molecular weight excluding hydrogens is 454 g/mol. The first kappa shape index (κ1) is 25.1. The molecular formula is C29H39N3O4. The lowest BCUT2D eigenvalue weighted by molar-refractivity contribution is -0.159. The van der Waals surface area contributed by atoms with Gasteiger partial charge in [0.05, 0.1) is 5.71 Å². The van der Waals surface area contributed by atoms with E-state index in [1.165, 1.54) is 5.57 Å². The molecule has 2 N–H and O–H groups in total. The molecule has 194 valence electrons. The number of aliphatic hydroxyl groups is 1. The maximum Gasteiger partial charge on any atom is 0.261 e. The van der Waals surface area contributed by atoms with E-state index in [0.29, 0.717) is 30.7 Å². The minimum absolute atomic E-state index is 0.0576. The number of pyridine rings is 1. The van der Waals surface area contributed by atoms with E-state index in [2.05, 4.69) is 35.4 Å². The van der Waals surface area contributed by atoms with Crippen molar-refractivity contribution < 1.29 is 19.5 Å². The first-order valence-electron chi connectivity index (χ1n) is 13.5. The average Bonchev–Trinajstić information content (AvgIpc) is 3.15. The van der Waals surface area contributed by atoms with Crippen LogP contribution in [0.1, 0.15) is 77.7 Å². The second-order valence-corrected chi connectivity index (χ2v) is 11.9. The molecule has 1 aromatic heterocycles. The summed E-state index contributed by atoms with van der Waals surface area (Å²) >= 11 is 0. The normalized spacial score (nSPS) is 38.4. The monoisotopic (exact) mass is 493 g/mol. The SMILES string of the molecule is CC(=O)[C@@]1(O)CCC2C3CCC4=CC(=NOCC(=O)NCc5cccnc5)CCC4(C)C3CCC21C. The summed E-state index contributed by atoms with van der Waals surface area (Å²) in [6.45, 7) is 6.46. The van der Waals surface area contributed by atoms with E-state index in [9.17, 15) is 14.7 Å². The first-order valence-corrected chi connectivity index (χ1v) is 13.5. The van der Waals surface area contributed by atoms with Gasteiger partial charge in [-0.3, -0.25) is 14.6 Å². The van der Waals surface area contributed by atoms with Gasteiger partial charge in [-0.25, -0.2) is 0 Å². The smallest absolute Gasteiger partial charge is 0.261 e. The lowest BCUT2D eigenvalue weighted by Crippen LogP contribution is -2.57. The molecule has 0 aromatic carbocycles. The predicted molar refractivity (Wildman–Crippen MR) is 137 cm³/mol. The highest BCUT2D eigenvalue weighted by atomic mass is 16.6. The summed E-state index contributed by atoms with van der Waals surface area (Å²) in [6.07, 6.45) is 13.1. The summed E-state index contributed by atoms with van der Waals surface area (Å²) < 4.78 is 0. The van der Waals surface area contributed by atoms with Crippen LogP contribution in [0.4, 0.5) is 0 Å². The van der Waals surface area contributed by atoms with Crippen molar-refractivity contribution in [1.29, 1.82) is 0 Å². The molecule has 0 aliphatic heterocycles. The highest BCUT2D eigenvalue weighted by Crippen LogP contribution is 2.67. The number of fused-ring (bicyclic) bond motifs is 5. The number of rotatable bonds is 6. The zero-order valence-corrected chi connectivity index (χ0v) is 21.8. The third-order valence-electron chi connectivity index (χ3n) is 10.3. The Kier molecular flexibility index (Phi) is 6.56. The lowest BCUT2D eigenvalue weighted by Gasteiger charge is -2.59. The molecule has 0 radical (unpaired) electrons. The number of nitrogens with zero attached hydrogens (tertiary/aromatic N) is 2. The van der Waals surface area contributed by atoms with E-state index in [0.717, 1.165) is 56.2 Å². The summed E-state index contributed by atoms with van der Waals surface area (Å²) in [7, 11) is 0. The van der Waals surface area contributed by atoms with E-state index in [4.69, 9.17) is 4.84 Å². The number of oxime groups is 1. The molecule has 4 aliphatic carbocycles. The number of nitrogens with one attached hydrogen (secondary N) is 1. The van der Waals surface area contributed by atoms with Crippen LogP contribution in [-0.2, 0) is 21.0 Å². The molecule has 1 amide bonds. The van der Waals surface area contributed by atoms with Gasteiger partial charge >= 0.3 is 0 Å². The van der Waals surface area contributed by atoms with Crippen LogP contribution in [0.2, 0.25) is 0 Å². The Morgan fingerprint density at radius 3 is 2.72 bits per heavy atom. The van der Waals surface area contributed by atoms with Gasteiger partial charge in [-0.15, -0.1) is 0 Å². The molecule has 7 heteroatoms. The van der Waals surface area contributed by atoms with Crippen LogP contribution in [0.5, 0.6) is 0 Å². The fourth-order valence-corrected chi connectivity index (χ4v) is 8.17. The van der Waals surface area contributed by atoms with Crippen LogP contribution >= 0.6 is 0 Å². The number of carbonyl (C=O) groups is 2. The summed E-state index contributed by atoms with van der Waals surface area (Å²) in [5.74, 6) is 1.28. The summed E-state index contributed by atoms with van der Waals surface area (Å²) in [6, 6.07) is 3.75. The largest absolute Gasteiger partial charge is 0.385 e. The van der Waals surface area contributed by atoms with E-state index in [-0.39, 0.29) is 29.1 Å². The van der Waals surface area contributed by atoms with Crippen molar-refractivity contribution in [2.24, 2.45) is 33.7 Å². The third kappa shape index (κ3) is 4.09. The molecule has 7 nitrogen and oxygen atoms in total. The maximum absolute atomic E-state index is 12.4. The Morgan fingerprint density at radius 2 is 1.97 bits per heavy atom. The van der Waals surface area contributed by atoms with Crippen molar-refractivity contribution in [2.75, 3.05) is 6.61 Å². The Bertz CT molecular complexity index is 1090. The fourth-order valence-electron chi connectivity index (χ4n) is 8.17. The predicted octanol–water partition coefficient (Wildman–Crippen LogP) is 4.35. The number of Topliss-reactive ketones (excluding diaryl/α,β-unsaturated/α-hetero) is 1. The second kappa shape index (κ2) is 9.40. The van der Waals surface area contributed by atoms with E-state index >= 15 is 0 Å². The highest BCUT2D eigenvalue weighted by molar-refractivity contribution is 5.96. The van der Waals surface area contributed by atoms with E-state index in [1.807, 2.05) is 12.1 Å². The van der Waals surface area contributed by atoms with Gasteiger partial charge in [-0.2, -0.15) is 0 Å². The zero-order valence-electron chi connectivity index (χ0n) is 21.8. The maximum atomic E-state index is 12.4. The molecule has 0 bridgehead atoms. The molecule has 6 atom stereocenters. The molecule has 4 aliphatic rings. The minimum atomic E-state index is -1.16. The number of ketones is 1. The second-order valence-electron chi connectivity index (χ2n) is 11.9. The van der Waals surface area contributed by atoms with Crippen LogP contribution < -0.4 is 5.32 Å². The van der Waals surface area contributed by atoms with Gasteiger partial charge in [0.2, 0.25) is 0 Å². The molecule has 5 unspecified atom stereocenters. The minimum Gasteiger partial charge on any atom is -0.385 e. The number of aromatic nitrogens is 1. The average molecular weight is 494 g/mol. The van der Waals surface area contributed by atoms with Gasteiger partial charge in [0.15, 0.2) is 12.4 Å². The van der Waals surface area contributed by atoms with E-state index in [1.54, 1.807) is 19.3 Å². The van der Waals surface area contributed by atoms with Crippen LogP contribution in [0.15, 0.2) is 41.3 Å². The Labute approximate surface area is 213 Å². The van der Waals surface area contributed by atoms with Gasteiger partial charge in [-0.05, 0) is 99.2 Å². The van der Waals surface area contributed by atoms with Crippen molar-refractivity contribution >= 4 is 17.4 Å². The number of hydrogen-bond donors (Lipinski definition) is 2. The van der Waals surface area contributed by atoms with Gasteiger partial charge in [0.25, 0.3) is 5.91 Å². The molecule has 3 fully saturated rings. The lowest BCUT2D eigenvalue weighted by atomic mass is 9.46. The van der Waals surface area contributed by atoms with Crippen LogP contribution in [0, 0.1) is 28.6 Å². The highest BCUT2D eigenvalue weighted by Gasteiger charge is 2.65. The number of amides is 1. The molecule has 0 spiro atoms. The van der Waals surface area contributed by atoms with Crippen LogP contribution in [-0.4, -0.2) is 39.7 Å². The van der Waals surface area contributed by atoms with Crippen molar-refractivity contribution in [2.45, 2.75) is 84.3 Å². The topological polar surface area (TPSA) is 101 Å². The Balaban J connectivity index is 1.22. The van der Waals surface area contributed by atoms with Crippen LogP contribution in [0.25, 0.3) is 0 Å². The first-order chi connectivity index (χ1) is 17.2. The molecule has 1 heterocycles. The van der Waals surface area contributed by atoms with Crippen molar-refractivity contribution in [3.05, 3.63) is 41.7 Å². The van der Waals surface area contributed by atoms with Gasteiger partial charge in [-0.1, -0.05) is 30.6 Å². The van der Waals surface area contributed by atoms with Crippen molar-refractivity contribution in [3.8, 4) is 0 Å². The molecule has 0 saturated heterocycles. The molecule has 3 saturated carbocycles. The zero-order chi connectivity index (χ0) is 25.6. The van der Waals surface area contributed by atoms with Gasteiger partial charge in [0, 0.05) is 24.4 Å². The number of hydrogen-bond acceptors (Lipinski definition) is 6. The standard InChI is InChI=1S/C29H39N3O4/c1-19(33)29(35)13-10-25-23-7-6-21-15-22(8-11-27(21,2)24(23)9-12-28(25,29)3)32-36-18-26(34)31-17-20-5-4-14-30-16-20/h4-5,14-16,23-25,35H,6-13,17-18H2,1-3H3,(H,31,34)/t23?,24?,25?,27?,28?,29-/m0/s1. The third-order valence-corrected chi connectivity index (χ3v) is 10.3. The Morgan fingerprint density at radius 1 is 1.17 bits per heavy atom. The van der Waals surface area contributed by atoms with E-state index < -0.39 is 5.60 Å². The Hall–Kier alpha value is -2.54.